The van der Waals surface area contributed by atoms with Gasteiger partial charge in [0.05, 0.1) is 5.69 Å². The fourth-order valence-corrected chi connectivity index (χ4v) is 3.00. The standard InChI is InChI=1S/C18H25N5O2/c1-13-15(12-23(2)22-13)6-7-17(24)19-9-14-10-20-18(21-11-14)16-5-3-4-8-25-16/h10-12,16H,3-9H2,1-2H3,(H,19,24)/t16-/m0/s1. The summed E-state index contributed by atoms with van der Waals surface area (Å²) in [6.45, 7) is 3.18. The molecule has 0 bridgehead atoms. The highest BCUT2D eigenvalue weighted by Gasteiger charge is 2.18. The van der Waals surface area contributed by atoms with E-state index in [4.69, 9.17) is 4.74 Å². The summed E-state index contributed by atoms with van der Waals surface area (Å²) in [4.78, 5) is 20.8. The summed E-state index contributed by atoms with van der Waals surface area (Å²) >= 11 is 0. The van der Waals surface area contributed by atoms with Crippen molar-refractivity contribution in [3.63, 3.8) is 0 Å². The van der Waals surface area contributed by atoms with Gasteiger partial charge in [-0.1, -0.05) is 0 Å². The molecule has 1 amide bonds. The summed E-state index contributed by atoms with van der Waals surface area (Å²) in [6.07, 6.45) is 9.90. The number of amides is 1. The number of hydrogen-bond donors (Lipinski definition) is 1. The second-order valence-corrected chi connectivity index (χ2v) is 6.49. The van der Waals surface area contributed by atoms with Gasteiger partial charge in [0.15, 0.2) is 5.82 Å². The lowest BCUT2D eigenvalue weighted by molar-refractivity contribution is -0.121. The van der Waals surface area contributed by atoms with Crippen LogP contribution in [0, 0.1) is 6.92 Å². The molecule has 1 atom stereocenters. The van der Waals surface area contributed by atoms with Crippen LogP contribution in [0.3, 0.4) is 0 Å². The smallest absolute Gasteiger partial charge is 0.220 e. The molecule has 1 aliphatic heterocycles. The van der Waals surface area contributed by atoms with Crippen molar-refractivity contribution in [3.05, 3.63) is 41.2 Å². The van der Waals surface area contributed by atoms with E-state index in [1.54, 1.807) is 17.1 Å². The summed E-state index contributed by atoms with van der Waals surface area (Å²) in [5, 5.41) is 7.20. The van der Waals surface area contributed by atoms with Gasteiger partial charge in [0.2, 0.25) is 5.91 Å². The Hall–Kier alpha value is -2.28. The van der Waals surface area contributed by atoms with Crippen molar-refractivity contribution in [3.8, 4) is 0 Å². The van der Waals surface area contributed by atoms with Gasteiger partial charge < -0.3 is 10.1 Å². The minimum Gasteiger partial charge on any atom is -0.370 e. The fourth-order valence-electron chi connectivity index (χ4n) is 3.00. The van der Waals surface area contributed by atoms with Crippen molar-refractivity contribution in [2.24, 2.45) is 7.05 Å². The molecule has 1 fully saturated rings. The number of ether oxygens (including phenoxy) is 1. The molecule has 134 valence electrons. The molecule has 0 aliphatic carbocycles. The largest absolute Gasteiger partial charge is 0.370 e. The number of nitrogens with one attached hydrogen (secondary N) is 1. The van der Waals surface area contributed by atoms with Crippen LogP contribution in [0.1, 0.15) is 54.4 Å². The molecule has 25 heavy (non-hydrogen) atoms. The third-order valence-electron chi connectivity index (χ3n) is 4.42. The maximum atomic E-state index is 12.0. The lowest BCUT2D eigenvalue weighted by atomic mass is 10.1. The Morgan fingerprint density at radius 2 is 2.16 bits per heavy atom. The monoisotopic (exact) mass is 343 g/mol. The summed E-state index contributed by atoms with van der Waals surface area (Å²) in [5.74, 6) is 0.754. The second-order valence-electron chi connectivity index (χ2n) is 6.49. The van der Waals surface area contributed by atoms with Crippen LogP contribution in [0.2, 0.25) is 0 Å². The number of carbonyl (C=O) groups is 1. The Morgan fingerprint density at radius 3 is 2.80 bits per heavy atom. The highest BCUT2D eigenvalue weighted by atomic mass is 16.5. The zero-order valence-corrected chi connectivity index (χ0v) is 14.9. The number of carbonyl (C=O) groups excluding carboxylic acids is 1. The zero-order valence-electron chi connectivity index (χ0n) is 14.9. The highest BCUT2D eigenvalue weighted by Crippen LogP contribution is 2.24. The number of aromatic nitrogens is 4. The molecule has 2 aromatic heterocycles. The van der Waals surface area contributed by atoms with E-state index in [-0.39, 0.29) is 12.0 Å². The lowest BCUT2D eigenvalue weighted by Gasteiger charge is -2.21. The predicted molar refractivity (Wildman–Crippen MR) is 92.7 cm³/mol. The van der Waals surface area contributed by atoms with E-state index in [2.05, 4.69) is 20.4 Å². The third kappa shape index (κ3) is 4.85. The van der Waals surface area contributed by atoms with Crippen molar-refractivity contribution in [1.29, 1.82) is 0 Å². The predicted octanol–water partition coefficient (Wildman–Crippen LogP) is 2.01. The Bertz CT molecular complexity index is 705. The third-order valence-corrected chi connectivity index (χ3v) is 4.42. The van der Waals surface area contributed by atoms with Crippen LogP contribution < -0.4 is 5.32 Å². The SMILES string of the molecule is Cc1nn(C)cc1CCC(=O)NCc1cnc([C@@H]2CCCCO2)nc1. The van der Waals surface area contributed by atoms with E-state index in [0.29, 0.717) is 19.4 Å². The first-order chi connectivity index (χ1) is 12.1. The average molecular weight is 343 g/mol. The first-order valence-corrected chi connectivity index (χ1v) is 8.80. The first kappa shape index (κ1) is 17.5. The first-order valence-electron chi connectivity index (χ1n) is 8.80. The molecule has 1 aliphatic rings. The number of nitrogens with zero attached hydrogens (tertiary/aromatic N) is 4. The van der Waals surface area contributed by atoms with Gasteiger partial charge in [-0.15, -0.1) is 0 Å². The summed E-state index contributed by atoms with van der Waals surface area (Å²) in [7, 11) is 1.89. The van der Waals surface area contributed by atoms with E-state index < -0.39 is 0 Å². The van der Waals surface area contributed by atoms with Crippen LogP contribution >= 0.6 is 0 Å². The van der Waals surface area contributed by atoms with E-state index >= 15 is 0 Å². The van der Waals surface area contributed by atoms with Crippen molar-refractivity contribution in [2.75, 3.05) is 6.61 Å². The van der Waals surface area contributed by atoms with Gasteiger partial charge in [0.25, 0.3) is 0 Å². The molecule has 0 saturated carbocycles. The van der Waals surface area contributed by atoms with Crippen molar-refractivity contribution in [2.45, 2.75) is 51.7 Å². The Kier molecular flexibility index (Phi) is 5.75. The van der Waals surface area contributed by atoms with Crippen LogP contribution in [0.25, 0.3) is 0 Å². The van der Waals surface area contributed by atoms with Gasteiger partial charge in [0, 0.05) is 50.8 Å². The van der Waals surface area contributed by atoms with Crippen LogP contribution in [0.5, 0.6) is 0 Å². The molecule has 7 nitrogen and oxygen atoms in total. The van der Waals surface area contributed by atoms with E-state index in [1.165, 1.54) is 0 Å². The quantitative estimate of drug-likeness (QED) is 0.867. The van der Waals surface area contributed by atoms with E-state index in [1.807, 2.05) is 20.2 Å². The molecule has 0 spiro atoms. The maximum Gasteiger partial charge on any atom is 0.220 e. The Labute approximate surface area is 147 Å². The lowest BCUT2D eigenvalue weighted by Crippen LogP contribution is -2.23. The van der Waals surface area contributed by atoms with Crippen LogP contribution in [0.4, 0.5) is 0 Å². The van der Waals surface area contributed by atoms with Crippen LogP contribution in [-0.2, 0) is 29.5 Å². The summed E-state index contributed by atoms with van der Waals surface area (Å²) in [5.41, 5.74) is 2.98. The number of hydrogen-bond acceptors (Lipinski definition) is 5. The Morgan fingerprint density at radius 1 is 1.36 bits per heavy atom. The molecule has 2 aromatic rings. The van der Waals surface area contributed by atoms with Crippen molar-refractivity contribution >= 4 is 5.91 Å². The van der Waals surface area contributed by atoms with Gasteiger partial charge in [-0.05, 0) is 38.2 Å². The molecule has 3 heterocycles. The summed E-state index contributed by atoms with van der Waals surface area (Å²) in [6, 6.07) is 0. The highest BCUT2D eigenvalue weighted by molar-refractivity contribution is 5.76. The molecule has 0 unspecified atom stereocenters. The minimum absolute atomic E-state index is 0.0140. The maximum absolute atomic E-state index is 12.0. The topological polar surface area (TPSA) is 81.9 Å². The van der Waals surface area contributed by atoms with Gasteiger partial charge in [-0.25, -0.2) is 9.97 Å². The molecular formula is C18H25N5O2. The van der Waals surface area contributed by atoms with Crippen LogP contribution in [-0.4, -0.2) is 32.3 Å². The normalized spacial score (nSPS) is 17.4. The zero-order chi connectivity index (χ0) is 17.6. The van der Waals surface area contributed by atoms with E-state index in [9.17, 15) is 4.79 Å². The van der Waals surface area contributed by atoms with Gasteiger partial charge in [0.1, 0.15) is 6.10 Å². The molecule has 0 radical (unpaired) electrons. The molecule has 3 rings (SSSR count). The average Bonchev–Trinajstić information content (AvgIpc) is 2.96. The minimum atomic E-state index is 0.0140. The van der Waals surface area contributed by atoms with Gasteiger partial charge >= 0.3 is 0 Å². The fraction of sp³-hybridized carbons (Fsp3) is 0.556. The van der Waals surface area contributed by atoms with Crippen LogP contribution in [0.15, 0.2) is 18.6 Å². The molecule has 7 heteroatoms. The molecule has 1 N–H and O–H groups in total. The summed E-state index contributed by atoms with van der Waals surface area (Å²) < 4.78 is 7.46. The van der Waals surface area contributed by atoms with Crippen molar-refractivity contribution < 1.29 is 9.53 Å². The van der Waals surface area contributed by atoms with Crippen molar-refractivity contribution in [1.82, 2.24) is 25.1 Å². The molecule has 0 aromatic carbocycles. The number of rotatable bonds is 6. The molecule has 1 saturated heterocycles. The van der Waals surface area contributed by atoms with E-state index in [0.717, 1.165) is 48.5 Å². The van der Waals surface area contributed by atoms with Gasteiger partial charge in [-0.3, -0.25) is 9.48 Å². The molecular weight excluding hydrogens is 318 g/mol. The second kappa shape index (κ2) is 8.20. The number of aryl methyl sites for hydroxylation is 3. The Balaban J connectivity index is 1.44. The van der Waals surface area contributed by atoms with Gasteiger partial charge in [-0.2, -0.15) is 5.10 Å².